The van der Waals surface area contributed by atoms with Crippen molar-refractivity contribution in [3.63, 3.8) is 0 Å². The molecule has 0 unspecified atom stereocenters. The number of hydrogen-bond donors (Lipinski definition) is 0. The quantitative estimate of drug-likeness (QED) is 0.560. The number of anilines is 1. The fourth-order valence-corrected chi connectivity index (χ4v) is 3.04. The van der Waals surface area contributed by atoms with E-state index in [9.17, 15) is 0 Å². The highest BCUT2D eigenvalue weighted by molar-refractivity contribution is 7.98. The van der Waals surface area contributed by atoms with Crippen LogP contribution in [0.3, 0.4) is 0 Å². The molecule has 0 aliphatic heterocycles. The van der Waals surface area contributed by atoms with Crippen LogP contribution in [0.2, 0.25) is 0 Å². The molecule has 4 heteroatoms. The summed E-state index contributed by atoms with van der Waals surface area (Å²) in [5, 5.41) is 6.14. The van der Waals surface area contributed by atoms with Crippen LogP contribution in [-0.2, 0) is 10.6 Å². The van der Waals surface area contributed by atoms with Gasteiger partial charge in [-0.3, -0.25) is 9.90 Å². The van der Waals surface area contributed by atoms with E-state index in [1.807, 2.05) is 54.2 Å². The van der Waals surface area contributed by atoms with E-state index < -0.39 is 0 Å². The summed E-state index contributed by atoms with van der Waals surface area (Å²) in [6.45, 7) is 0.736. The van der Waals surface area contributed by atoms with Crippen LogP contribution in [0.25, 0.3) is 0 Å². The van der Waals surface area contributed by atoms with Crippen molar-refractivity contribution in [3.8, 4) is 0 Å². The fraction of sp³-hybridized carbons (Fsp3) is 0.286. The molecule has 2 nitrogen and oxygen atoms in total. The maximum absolute atomic E-state index is 5.66. The molecule has 0 saturated heterocycles. The third-order valence-corrected chi connectivity index (χ3v) is 4.21. The number of nitrogens with zero attached hydrogens (tertiary/aromatic N) is 1. The second-order valence-corrected chi connectivity index (χ2v) is 5.74. The normalized spacial score (nSPS) is 10.5. The summed E-state index contributed by atoms with van der Waals surface area (Å²) in [6.07, 6.45) is 0. The average molecular weight is 279 g/mol. The van der Waals surface area contributed by atoms with Crippen LogP contribution in [0.5, 0.6) is 0 Å². The first-order valence-corrected chi connectivity index (χ1v) is 7.96. The molecule has 0 aliphatic carbocycles. The first-order chi connectivity index (χ1) is 8.86. The topological polar surface area (TPSA) is 12.5 Å². The minimum Gasteiger partial charge on any atom is -0.273 e. The molecule has 18 heavy (non-hydrogen) atoms. The Labute approximate surface area is 117 Å². The van der Waals surface area contributed by atoms with Crippen molar-refractivity contribution in [1.82, 2.24) is 0 Å². The zero-order valence-corrected chi connectivity index (χ0v) is 12.0. The highest BCUT2D eigenvalue weighted by Crippen LogP contribution is 2.15. The zero-order valence-electron chi connectivity index (χ0n) is 10.4. The Morgan fingerprint density at radius 1 is 1.22 bits per heavy atom. The van der Waals surface area contributed by atoms with Gasteiger partial charge in [-0.1, -0.05) is 18.2 Å². The largest absolute Gasteiger partial charge is 0.273 e. The van der Waals surface area contributed by atoms with Crippen molar-refractivity contribution in [2.45, 2.75) is 5.75 Å². The van der Waals surface area contributed by atoms with E-state index in [-0.39, 0.29) is 0 Å². The minimum absolute atomic E-state index is 0.736. The van der Waals surface area contributed by atoms with E-state index in [0.29, 0.717) is 0 Å². The Morgan fingerprint density at radius 3 is 2.78 bits per heavy atom. The highest BCUT2D eigenvalue weighted by Gasteiger charge is 2.00. The lowest BCUT2D eigenvalue weighted by Gasteiger charge is -2.18. The van der Waals surface area contributed by atoms with Crippen molar-refractivity contribution in [3.05, 3.63) is 52.7 Å². The number of hydroxylamine groups is 1. The number of thiophene rings is 1. The molecule has 0 amide bonds. The predicted octanol–water partition coefficient (Wildman–Crippen LogP) is 4.05. The molecule has 2 aromatic rings. The van der Waals surface area contributed by atoms with E-state index in [2.05, 4.69) is 16.8 Å². The van der Waals surface area contributed by atoms with Crippen LogP contribution >= 0.6 is 23.1 Å². The smallest absolute Gasteiger partial charge is 0.0839 e. The second kappa shape index (κ2) is 7.46. The molecule has 1 aromatic heterocycles. The van der Waals surface area contributed by atoms with Gasteiger partial charge < -0.3 is 0 Å². The summed E-state index contributed by atoms with van der Waals surface area (Å²) in [7, 11) is 1.94. The van der Waals surface area contributed by atoms with Crippen molar-refractivity contribution in [1.29, 1.82) is 0 Å². The molecule has 0 bridgehead atoms. The first kappa shape index (κ1) is 13.5. The molecule has 2 rings (SSSR count). The van der Waals surface area contributed by atoms with Crippen LogP contribution in [-0.4, -0.2) is 19.4 Å². The maximum Gasteiger partial charge on any atom is 0.0839 e. The summed E-state index contributed by atoms with van der Waals surface area (Å²) < 4.78 is 0. The molecule has 0 aliphatic rings. The van der Waals surface area contributed by atoms with Crippen molar-refractivity contribution in [2.24, 2.45) is 0 Å². The number of thioether (sulfide) groups is 1. The van der Waals surface area contributed by atoms with E-state index in [4.69, 9.17) is 4.84 Å². The lowest BCUT2D eigenvalue weighted by molar-refractivity contribution is 0.137. The molecule has 0 spiro atoms. The van der Waals surface area contributed by atoms with Crippen LogP contribution in [0.15, 0.2) is 47.2 Å². The van der Waals surface area contributed by atoms with Gasteiger partial charge in [0.15, 0.2) is 0 Å². The molecule has 1 heterocycles. The fourth-order valence-electron chi connectivity index (χ4n) is 1.51. The van der Waals surface area contributed by atoms with E-state index in [0.717, 1.165) is 23.8 Å². The number of rotatable bonds is 7. The molecule has 0 atom stereocenters. The van der Waals surface area contributed by atoms with E-state index >= 15 is 0 Å². The van der Waals surface area contributed by atoms with Gasteiger partial charge in [-0.25, -0.2) is 0 Å². The van der Waals surface area contributed by atoms with Crippen LogP contribution in [0.1, 0.15) is 5.56 Å². The Kier molecular flexibility index (Phi) is 5.58. The highest BCUT2D eigenvalue weighted by atomic mass is 32.2. The Balaban J connectivity index is 1.61. The average Bonchev–Trinajstić information content (AvgIpc) is 2.92. The van der Waals surface area contributed by atoms with E-state index in [1.54, 1.807) is 11.3 Å². The summed E-state index contributed by atoms with van der Waals surface area (Å²) in [5.41, 5.74) is 2.49. The third-order valence-electron chi connectivity index (χ3n) is 2.48. The molecule has 1 aromatic carbocycles. The van der Waals surface area contributed by atoms with Gasteiger partial charge in [0.25, 0.3) is 0 Å². The predicted molar refractivity (Wildman–Crippen MR) is 81.3 cm³/mol. The minimum atomic E-state index is 0.736. The van der Waals surface area contributed by atoms with Gasteiger partial charge in [-0.05, 0) is 34.5 Å². The van der Waals surface area contributed by atoms with Gasteiger partial charge in [-0.2, -0.15) is 23.1 Å². The SMILES string of the molecule is CN(OCCSCc1ccsc1)c1ccccc1. The van der Waals surface area contributed by atoms with E-state index in [1.165, 1.54) is 5.56 Å². The molecule has 0 saturated carbocycles. The molecular weight excluding hydrogens is 262 g/mol. The van der Waals surface area contributed by atoms with Gasteiger partial charge in [0, 0.05) is 18.6 Å². The number of benzene rings is 1. The Hall–Kier alpha value is -0.970. The zero-order chi connectivity index (χ0) is 12.6. The summed E-state index contributed by atoms with van der Waals surface area (Å²) in [4.78, 5) is 5.66. The Bertz CT molecular complexity index is 430. The maximum atomic E-state index is 5.66. The summed E-state index contributed by atoms with van der Waals surface area (Å²) in [5.74, 6) is 2.08. The monoisotopic (exact) mass is 279 g/mol. The van der Waals surface area contributed by atoms with Gasteiger partial charge in [0.2, 0.25) is 0 Å². The number of hydrogen-bond acceptors (Lipinski definition) is 4. The third kappa shape index (κ3) is 4.37. The lowest BCUT2D eigenvalue weighted by Crippen LogP contribution is -2.19. The molecule has 96 valence electrons. The second-order valence-electron chi connectivity index (χ2n) is 3.85. The molecular formula is C14H17NOS2. The summed E-state index contributed by atoms with van der Waals surface area (Å²) in [6, 6.07) is 12.3. The van der Waals surface area contributed by atoms with Crippen molar-refractivity contribution >= 4 is 28.8 Å². The van der Waals surface area contributed by atoms with Crippen LogP contribution < -0.4 is 5.06 Å². The van der Waals surface area contributed by atoms with Crippen molar-refractivity contribution in [2.75, 3.05) is 24.5 Å². The van der Waals surface area contributed by atoms with Crippen LogP contribution in [0.4, 0.5) is 5.69 Å². The van der Waals surface area contributed by atoms with Crippen molar-refractivity contribution < 1.29 is 4.84 Å². The molecule has 0 radical (unpaired) electrons. The first-order valence-electron chi connectivity index (χ1n) is 5.87. The standard InChI is InChI=1S/C14H17NOS2/c1-15(14-5-3-2-4-6-14)16-8-10-18-12-13-7-9-17-11-13/h2-7,9,11H,8,10,12H2,1H3. The van der Waals surface area contributed by atoms with Gasteiger partial charge in [0.05, 0.1) is 12.3 Å². The lowest BCUT2D eigenvalue weighted by atomic mass is 10.3. The van der Waals surface area contributed by atoms with Gasteiger partial charge in [-0.15, -0.1) is 0 Å². The van der Waals surface area contributed by atoms with Gasteiger partial charge >= 0.3 is 0 Å². The Morgan fingerprint density at radius 2 is 2.06 bits per heavy atom. The van der Waals surface area contributed by atoms with Crippen LogP contribution in [0, 0.1) is 0 Å². The summed E-state index contributed by atoms with van der Waals surface area (Å²) >= 11 is 3.66. The van der Waals surface area contributed by atoms with Gasteiger partial charge in [0.1, 0.15) is 0 Å². The molecule has 0 N–H and O–H groups in total. The molecule has 0 fully saturated rings. The number of para-hydroxylation sites is 1.